The molecule has 2 heterocycles. The lowest BCUT2D eigenvalue weighted by Crippen LogP contribution is -2.45. The van der Waals surface area contributed by atoms with E-state index < -0.39 is 23.7 Å². The van der Waals surface area contributed by atoms with Gasteiger partial charge in [-0.25, -0.2) is 9.78 Å². The highest BCUT2D eigenvalue weighted by atomic mass is 16.6. The Morgan fingerprint density at radius 3 is 2.37 bits per heavy atom. The number of aromatic amines is 1. The predicted molar refractivity (Wildman–Crippen MR) is 145 cm³/mol. The fourth-order valence-electron chi connectivity index (χ4n) is 4.18. The maximum atomic E-state index is 13.2. The fourth-order valence-corrected chi connectivity index (χ4v) is 4.18. The van der Waals surface area contributed by atoms with Crippen LogP contribution in [0.2, 0.25) is 0 Å². The lowest BCUT2D eigenvalue weighted by atomic mass is 9.88. The maximum Gasteiger partial charge on any atom is 0.408 e. The monoisotopic (exact) mass is 528 g/mol. The molecule has 0 fully saturated rings. The van der Waals surface area contributed by atoms with Crippen molar-refractivity contribution in [3.63, 3.8) is 0 Å². The third-order valence-electron chi connectivity index (χ3n) is 6.04. The van der Waals surface area contributed by atoms with Crippen molar-refractivity contribution in [3.8, 4) is 11.5 Å². The number of ether oxygens (including phenoxy) is 3. The molecule has 0 saturated carbocycles. The van der Waals surface area contributed by atoms with E-state index in [2.05, 4.69) is 20.8 Å². The fraction of sp³-hybridized carbons (Fsp3) is 0.556. The first-order chi connectivity index (χ1) is 18.1. The molecule has 0 aliphatic heterocycles. The van der Waals surface area contributed by atoms with Crippen LogP contribution in [0.3, 0.4) is 0 Å². The number of unbranched alkanes of at least 4 members (excludes halogenated alkanes) is 1. The molecule has 0 radical (unpaired) electrons. The van der Waals surface area contributed by atoms with E-state index in [1.54, 1.807) is 6.07 Å². The van der Waals surface area contributed by atoms with Crippen LogP contribution in [0.4, 0.5) is 10.6 Å². The van der Waals surface area contributed by atoms with E-state index in [-0.39, 0.29) is 5.91 Å². The summed E-state index contributed by atoms with van der Waals surface area (Å²) in [5, 5.41) is 12.0. The molecule has 11 heteroatoms. The van der Waals surface area contributed by atoms with E-state index in [9.17, 15) is 9.59 Å². The van der Waals surface area contributed by atoms with Crippen LogP contribution in [-0.4, -0.2) is 51.0 Å². The average Bonchev–Trinajstić information content (AvgIpc) is 3.49. The Morgan fingerprint density at radius 2 is 1.76 bits per heavy atom. The molecule has 3 aromatic rings. The first-order valence-corrected chi connectivity index (χ1v) is 13.1. The highest BCUT2D eigenvalue weighted by Gasteiger charge is 2.36. The molecule has 38 heavy (non-hydrogen) atoms. The lowest BCUT2D eigenvalue weighted by Gasteiger charge is -2.30. The second kappa shape index (κ2) is 12.7. The van der Waals surface area contributed by atoms with E-state index in [1.807, 2.05) is 65.3 Å². The van der Waals surface area contributed by atoms with Gasteiger partial charge >= 0.3 is 6.09 Å². The molecule has 2 amide bonds. The molecule has 0 aliphatic carbocycles. The minimum atomic E-state index is -0.777. The molecular weight excluding hydrogens is 488 g/mol. The second-order valence-corrected chi connectivity index (χ2v) is 10.1. The normalized spacial score (nSPS) is 13.1. The van der Waals surface area contributed by atoms with Gasteiger partial charge in [0.1, 0.15) is 34.4 Å². The van der Waals surface area contributed by atoms with Crippen LogP contribution >= 0.6 is 0 Å². The Balaban J connectivity index is 1.91. The molecule has 2 aromatic heterocycles. The number of H-pyrrole nitrogens is 1. The highest BCUT2D eigenvalue weighted by molar-refractivity contribution is 5.95. The van der Waals surface area contributed by atoms with Crippen LogP contribution in [0.15, 0.2) is 24.4 Å². The van der Waals surface area contributed by atoms with Crippen molar-refractivity contribution in [2.24, 2.45) is 12.5 Å². The number of amides is 2. The van der Waals surface area contributed by atoms with Crippen LogP contribution in [0, 0.1) is 5.41 Å². The van der Waals surface area contributed by atoms with Crippen LogP contribution in [0.1, 0.15) is 72.7 Å². The van der Waals surface area contributed by atoms with E-state index >= 15 is 0 Å². The van der Waals surface area contributed by atoms with Crippen molar-refractivity contribution in [1.82, 2.24) is 25.1 Å². The van der Waals surface area contributed by atoms with Crippen molar-refractivity contribution >= 4 is 28.9 Å². The number of benzene rings is 1. The van der Waals surface area contributed by atoms with Crippen LogP contribution < -0.4 is 20.1 Å². The number of aryl methyl sites for hydroxylation is 1. The average molecular weight is 529 g/mol. The van der Waals surface area contributed by atoms with Gasteiger partial charge in [0.2, 0.25) is 5.91 Å². The molecule has 11 nitrogen and oxygen atoms in total. The molecule has 208 valence electrons. The number of hydrogen-bond donors (Lipinski definition) is 3. The van der Waals surface area contributed by atoms with Crippen molar-refractivity contribution in [3.05, 3.63) is 30.2 Å². The van der Waals surface area contributed by atoms with Crippen molar-refractivity contribution in [1.29, 1.82) is 0 Å². The molecule has 1 unspecified atom stereocenters. The highest BCUT2D eigenvalue weighted by Crippen LogP contribution is 2.40. The van der Waals surface area contributed by atoms with Gasteiger partial charge in [-0.05, 0) is 32.4 Å². The molecule has 3 rings (SSSR count). The third kappa shape index (κ3) is 6.76. The van der Waals surface area contributed by atoms with Crippen molar-refractivity contribution < 1.29 is 23.8 Å². The molecule has 1 aromatic carbocycles. The van der Waals surface area contributed by atoms with Gasteiger partial charge in [0.25, 0.3) is 0 Å². The standard InChI is InChI=1S/C27H40N6O5/c1-8-11-12-17(25(34)30-20-15-16-28-32-20)29-26(35)38-23(27(4,5)6)24-31-21-18(36-9-2)13-14-19(37-10-3)22(21)33(24)7/h13-17,23H,8-12H2,1-7H3,(H,29,35)(H2,28,30,32,34)/t17-,23?/m0/s1. The number of carbonyl (C=O) groups excluding carboxylic acids is 2. The third-order valence-corrected chi connectivity index (χ3v) is 6.04. The molecule has 0 aliphatic rings. The Labute approximate surface area is 223 Å². The molecule has 2 atom stereocenters. The number of nitrogens with zero attached hydrogens (tertiary/aromatic N) is 3. The van der Waals surface area contributed by atoms with Gasteiger partial charge in [0.15, 0.2) is 11.9 Å². The zero-order chi connectivity index (χ0) is 27.9. The number of imidazole rings is 1. The summed E-state index contributed by atoms with van der Waals surface area (Å²) in [7, 11) is 1.87. The molecular formula is C27H40N6O5. The maximum absolute atomic E-state index is 13.2. The minimum Gasteiger partial charge on any atom is -0.492 e. The quantitative estimate of drug-likeness (QED) is 0.298. The zero-order valence-corrected chi connectivity index (χ0v) is 23.4. The SMILES string of the molecule is CCCC[C@H](NC(=O)OC(c1nc2c(OCC)ccc(OCC)c2n1C)C(C)(C)C)C(=O)Nc1ccn[nH]1. The number of alkyl carbamates (subject to hydrolysis) is 1. The van der Waals surface area contributed by atoms with Gasteiger partial charge in [-0.1, -0.05) is 40.5 Å². The summed E-state index contributed by atoms with van der Waals surface area (Å²) in [6.45, 7) is 12.7. The van der Waals surface area contributed by atoms with E-state index in [1.165, 1.54) is 6.20 Å². The van der Waals surface area contributed by atoms with Crippen LogP contribution in [0.5, 0.6) is 11.5 Å². The number of nitrogens with one attached hydrogen (secondary N) is 3. The largest absolute Gasteiger partial charge is 0.492 e. The zero-order valence-electron chi connectivity index (χ0n) is 23.4. The van der Waals surface area contributed by atoms with Gasteiger partial charge in [0.05, 0.1) is 19.4 Å². The second-order valence-electron chi connectivity index (χ2n) is 10.1. The predicted octanol–water partition coefficient (Wildman–Crippen LogP) is 5.10. The first-order valence-electron chi connectivity index (χ1n) is 13.1. The number of carbonyl (C=O) groups is 2. The molecule has 3 N–H and O–H groups in total. The smallest absolute Gasteiger partial charge is 0.408 e. The number of aromatic nitrogens is 4. The van der Waals surface area contributed by atoms with Gasteiger partial charge in [0, 0.05) is 18.5 Å². The Bertz CT molecular complexity index is 1210. The Morgan fingerprint density at radius 1 is 1.08 bits per heavy atom. The van der Waals surface area contributed by atoms with Gasteiger partial charge in [-0.15, -0.1) is 0 Å². The van der Waals surface area contributed by atoms with Gasteiger partial charge in [-0.3, -0.25) is 9.89 Å². The Hall–Kier alpha value is -3.76. The van der Waals surface area contributed by atoms with Gasteiger partial charge < -0.3 is 29.4 Å². The number of anilines is 1. The van der Waals surface area contributed by atoms with Crippen molar-refractivity contribution in [2.45, 2.75) is 73.0 Å². The summed E-state index contributed by atoms with van der Waals surface area (Å²) in [6.07, 6.45) is 2.21. The minimum absolute atomic E-state index is 0.350. The van der Waals surface area contributed by atoms with Crippen molar-refractivity contribution in [2.75, 3.05) is 18.5 Å². The molecule has 0 bridgehead atoms. The summed E-state index contributed by atoms with van der Waals surface area (Å²) in [5.41, 5.74) is 0.875. The van der Waals surface area contributed by atoms with E-state index in [0.29, 0.717) is 48.3 Å². The number of rotatable bonds is 12. The number of hydrogen-bond acceptors (Lipinski definition) is 7. The summed E-state index contributed by atoms with van der Waals surface area (Å²) in [6, 6.07) is 4.56. The number of fused-ring (bicyclic) bond motifs is 1. The van der Waals surface area contributed by atoms with E-state index in [0.717, 1.165) is 18.4 Å². The van der Waals surface area contributed by atoms with E-state index in [4.69, 9.17) is 19.2 Å². The molecule has 0 spiro atoms. The summed E-state index contributed by atoms with van der Waals surface area (Å²) >= 11 is 0. The van der Waals surface area contributed by atoms with Crippen LogP contribution in [0.25, 0.3) is 11.0 Å². The summed E-state index contributed by atoms with van der Waals surface area (Å²) in [4.78, 5) is 31.0. The molecule has 0 saturated heterocycles. The summed E-state index contributed by atoms with van der Waals surface area (Å²) < 4.78 is 19.6. The lowest BCUT2D eigenvalue weighted by molar-refractivity contribution is -0.118. The first kappa shape index (κ1) is 28.8. The summed E-state index contributed by atoms with van der Waals surface area (Å²) in [5.74, 6) is 1.94. The van der Waals surface area contributed by atoms with Gasteiger partial charge in [-0.2, -0.15) is 5.10 Å². The Kier molecular flexibility index (Phi) is 9.60. The van der Waals surface area contributed by atoms with Crippen LogP contribution in [-0.2, 0) is 16.6 Å². The topological polar surface area (TPSA) is 132 Å².